The molecule has 1 aliphatic rings. The number of nitrogens with one attached hydrogen (secondary N) is 5. The number of carboxylic acids is 1. The summed E-state index contributed by atoms with van der Waals surface area (Å²) in [5.74, 6) is -5.10. The molecule has 0 saturated carbocycles. The molecule has 0 aliphatic carbocycles. The van der Waals surface area contributed by atoms with Crippen molar-refractivity contribution in [3.8, 4) is 0 Å². The first-order chi connectivity index (χ1) is 20.7. The van der Waals surface area contributed by atoms with E-state index >= 15 is 0 Å². The summed E-state index contributed by atoms with van der Waals surface area (Å²) in [7, 11) is 0. The van der Waals surface area contributed by atoms with Crippen molar-refractivity contribution in [1.29, 1.82) is 0 Å². The van der Waals surface area contributed by atoms with Crippen LogP contribution in [-0.4, -0.2) is 70.3 Å². The van der Waals surface area contributed by atoms with Crippen LogP contribution in [0.2, 0.25) is 0 Å². The monoisotopic (exact) mass is 607 g/mol. The van der Waals surface area contributed by atoms with E-state index in [0.29, 0.717) is 5.56 Å². The molecule has 6 N–H and O–H groups in total. The van der Waals surface area contributed by atoms with Gasteiger partial charge in [0.2, 0.25) is 29.5 Å². The molecule has 0 spiro atoms. The van der Waals surface area contributed by atoms with E-state index in [1.807, 2.05) is 19.9 Å². The first-order valence-electron chi connectivity index (χ1n) is 14.6. The van der Waals surface area contributed by atoms with Crippen LogP contribution in [0, 0.1) is 5.92 Å². The number of amides is 5. The van der Waals surface area contributed by atoms with E-state index in [0.717, 1.165) is 5.56 Å². The van der Waals surface area contributed by atoms with Crippen LogP contribution in [0.15, 0.2) is 60.7 Å². The Kier molecular flexibility index (Phi) is 11.6. The normalized spacial score (nSPS) is 23.2. The molecule has 1 saturated heterocycles. The van der Waals surface area contributed by atoms with Gasteiger partial charge in [-0.25, -0.2) is 0 Å². The second-order valence-corrected chi connectivity index (χ2v) is 11.9. The highest BCUT2D eigenvalue weighted by atomic mass is 16.4. The highest BCUT2D eigenvalue weighted by Gasteiger charge is 2.38. The smallest absolute Gasteiger partial charge is 0.305 e. The molecule has 1 fully saturated rings. The van der Waals surface area contributed by atoms with Gasteiger partial charge in [-0.15, -0.1) is 0 Å². The molecule has 12 heteroatoms. The van der Waals surface area contributed by atoms with E-state index in [1.54, 1.807) is 54.6 Å². The van der Waals surface area contributed by atoms with E-state index in [4.69, 9.17) is 0 Å². The minimum absolute atomic E-state index is 0.0212. The summed E-state index contributed by atoms with van der Waals surface area (Å²) in [6.45, 7) is 6.62. The number of hydrogen-bond acceptors (Lipinski definition) is 6. The van der Waals surface area contributed by atoms with Gasteiger partial charge in [0, 0.05) is 12.8 Å². The maximum Gasteiger partial charge on any atom is 0.305 e. The fraction of sp³-hybridized carbons (Fsp3) is 0.438. The summed E-state index contributed by atoms with van der Waals surface area (Å²) >= 11 is 0. The summed E-state index contributed by atoms with van der Waals surface area (Å²) < 4.78 is 0. The van der Waals surface area contributed by atoms with Gasteiger partial charge in [-0.3, -0.25) is 28.8 Å². The second-order valence-electron chi connectivity index (χ2n) is 11.9. The molecule has 5 amide bonds. The highest BCUT2D eigenvalue weighted by Crippen LogP contribution is 2.13. The lowest BCUT2D eigenvalue weighted by atomic mass is 9.98. The topological polar surface area (TPSA) is 183 Å². The van der Waals surface area contributed by atoms with Crippen LogP contribution in [0.1, 0.15) is 51.7 Å². The van der Waals surface area contributed by atoms with Crippen LogP contribution in [0.5, 0.6) is 0 Å². The molecule has 3 rings (SSSR count). The van der Waals surface area contributed by atoms with E-state index in [9.17, 15) is 33.9 Å². The zero-order valence-electron chi connectivity index (χ0n) is 25.4. The standard InChI is InChI=1S/C32H41N5O7/c1-19(2)15-22-30(43)37-32(3,4)31(44)36-24(17-21-13-9-6-10-14-21)28(41)34-23(16-20-11-7-5-8-12-20)27(40)35-25(18-26(38)39)29(42)33-22/h5-14,19,22-25H,15-18H2,1-4H3,(H,33,42)(H,34,41)(H,35,40)(H,36,44)(H,37,43)(H,38,39)/t22-,23-,24-,25-/m0/s1. The maximum absolute atomic E-state index is 13.8. The van der Waals surface area contributed by atoms with Crippen LogP contribution in [-0.2, 0) is 41.6 Å². The molecule has 0 aromatic heterocycles. The van der Waals surface area contributed by atoms with Crippen molar-refractivity contribution in [2.24, 2.45) is 5.92 Å². The number of benzene rings is 2. The van der Waals surface area contributed by atoms with Crippen molar-refractivity contribution in [3.05, 3.63) is 71.8 Å². The lowest BCUT2D eigenvalue weighted by Gasteiger charge is -2.30. The first kappa shape index (κ1) is 33.8. The minimum atomic E-state index is -1.55. The lowest BCUT2D eigenvalue weighted by Crippen LogP contribution is -2.62. The largest absolute Gasteiger partial charge is 0.481 e. The summed E-state index contributed by atoms with van der Waals surface area (Å²) in [4.78, 5) is 79.4. The predicted octanol–water partition coefficient (Wildman–Crippen LogP) is 0.840. The van der Waals surface area contributed by atoms with E-state index in [1.165, 1.54) is 13.8 Å². The number of carbonyl (C=O) groups is 6. The number of rotatable bonds is 8. The van der Waals surface area contributed by atoms with Crippen LogP contribution in [0.3, 0.4) is 0 Å². The number of carboxylic acid groups (broad SMARTS) is 1. The van der Waals surface area contributed by atoms with Gasteiger partial charge < -0.3 is 31.7 Å². The Morgan fingerprint density at radius 2 is 1.11 bits per heavy atom. The zero-order chi connectivity index (χ0) is 32.4. The van der Waals surface area contributed by atoms with Gasteiger partial charge in [0.1, 0.15) is 29.7 Å². The van der Waals surface area contributed by atoms with Crippen molar-refractivity contribution in [1.82, 2.24) is 26.6 Å². The molecule has 1 heterocycles. The third kappa shape index (κ3) is 9.92. The average molecular weight is 608 g/mol. The van der Waals surface area contributed by atoms with Gasteiger partial charge in [-0.05, 0) is 37.3 Å². The molecule has 1 aliphatic heterocycles. The maximum atomic E-state index is 13.8. The fourth-order valence-electron chi connectivity index (χ4n) is 4.81. The molecule has 44 heavy (non-hydrogen) atoms. The van der Waals surface area contributed by atoms with Gasteiger partial charge in [0.25, 0.3) is 0 Å². The molecule has 0 unspecified atom stereocenters. The first-order valence-corrected chi connectivity index (χ1v) is 14.6. The summed E-state index contributed by atoms with van der Waals surface area (Å²) in [6.07, 6.45) is -0.481. The van der Waals surface area contributed by atoms with Crippen molar-refractivity contribution in [3.63, 3.8) is 0 Å². The molecule has 236 valence electrons. The molecule has 0 bridgehead atoms. The second kappa shape index (κ2) is 15.1. The fourth-order valence-corrected chi connectivity index (χ4v) is 4.81. The van der Waals surface area contributed by atoms with Crippen molar-refractivity contribution >= 4 is 35.5 Å². The van der Waals surface area contributed by atoms with Crippen molar-refractivity contribution < 1.29 is 33.9 Å². The van der Waals surface area contributed by atoms with Crippen molar-refractivity contribution in [2.75, 3.05) is 0 Å². The van der Waals surface area contributed by atoms with Crippen LogP contribution in [0.25, 0.3) is 0 Å². The van der Waals surface area contributed by atoms with E-state index < -0.39 is 71.6 Å². The molecule has 2 aromatic rings. The number of hydrogen-bond donors (Lipinski definition) is 6. The quantitative estimate of drug-likeness (QED) is 0.257. The molecule has 0 radical (unpaired) electrons. The number of aliphatic carboxylic acids is 1. The SMILES string of the molecule is CC(C)C[C@@H]1NC(=O)[C@H](CC(=O)O)NC(=O)[C@H](Cc2ccccc2)NC(=O)[C@H](Cc2ccccc2)NC(=O)C(C)(C)NC1=O. The Bertz CT molecular complexity index is 1350. The van der Waals surface area contributed by atoms with Gasteiger partial charge in [-0.2, -0.15) is 0 Å². The van der Waals surface area contributed by atoms with E-state index in [2.05, 4.69) is 26.6 Å². The van der Waals surface area contributed by atoms with Crippen LogP contribution >= 0.6 is 0 Å². The Morgan fingerprint density at radius 3 is 1.59 bits per heavy atom. The minimum Gasteiger partial charge on any atom is -0.481 e. The third-order valence-corrected chi connectivity index (χ3v) is 7.18. The Balaban J connectivity index is 2.07. The molecular formula is C32H41N5O7. The molecule has 2 aromatic carbocycles. The summed E-state index contributed by atoms with van der Waals surface area (Å²) in [5.41, 5.74) is -0.0727. The summed E-state index contributed by atoms with van der Waals surface area (Å²) in [5, 5.41) is 22.7. The van der Waals surface area contributed by atoms with Gasteiger partial charge in [0.05, 0.1) is 6.42 Å². The molecular weight excluding hydrogens is 566 g/mol. The lowest BCUT2D eigenvalue weighted by molar-refractivity contribution is -0.141. The Hall–Kier alpha value is -4.74. The van der Waals surface area contributed by atoms with Gasteiger partial charge >= 0.3 is 5.97 Å². The number of carbonyl (C=O) groups excluding carboxylic acids is 5. The zero-order valence-corrected chi connectivity index (χ0v) is 25.4. The Labute approximate surface area is 256 Å². The molecule has 4 atom stereocenters. The summed E-state index contributed by atoms with van der Waals surface area (Å²) in [6, 6.07) is 12.8. The van der Waals surface area contributed by atoms with E-state index in [-0.39, 0.29) is 25.2 Å². The Morgan fingerprint density at radius 1 is 0.682 bits per heavy atom. The van der Waals surface area contributed by atoms with Crippen molar-refractivity contribution in [2.45, 2.75) is 83.1 Å². The van der Waals surface area contributed by atoms with Gasteiger partial charge in [0.15, 0.2) is 0 Å². The van der Waals surface area contributed by atoms with Crippen LogP contribution < -0.4 is 26.6 Å². The predicted molar refractivity (Wildman–Crippen MR) is 162 cm³/mol. The highest BCUT2D eigenvalue weighted by molar-refractivity contribution is 5.99. The molecule has 12 nitrogen and oxygen atoms in total. The van der Waals surface area contributed by atoms with Gasteiger partial charge in [-0.1, -0.05) is 74.5 Å². The third-order valence-electron chi connectivity index (χ3n) is 7.18. The van der Waals surface area contributed by atoms with Crippen LogP contribution in [0.4, 0.5) is 0 Å². The average Bonchev–Trinajstić information content (AvgIpc) is 2.95.